The monoisotopic (exact) mass is 601 g/mol. The molecule has 6 rings (SSSR count). The molecule has 2 aromatic rings. The Morgan fingerprint density at radius 1 is 1.00 bits per heavy atom. The van der Waals surface area contributed by atoms with E-state index >= 15 is 0 Å². The molecule has 1 aliphatic carbocycles. The summed E-state index contributed by atoms with van der Waals surface area (Å²) in [5.74, 6) is -2.55. The van der Waals surface area contributed by atoms with Gasteiger partial charge in [-0.2, -0.15) is 0 Å². The molecule has 3 heterocycles. The van der Waals surface area contributed by atoms with Gasteiger partial charge in [-0.25, -0.2) is 0 Å². The van der Waals surface area contributed by atoms with E-state index in [2.05, 4.69) is 10.6 Å². The highest BCUT2D eigenvalue weighted by atomic mass is 35.5. The van der Waals surface area contributed by atoms with Crippen molar-refractivity contribution in [2.45, 2.75) is 62.3 Å². The van der Waals surface area contributed by atoms with Crippen LogP contribution in [0.5, 0.6) is 0 Å². The molecule has 2 saturated heterocycles. The number of nitrogens with one attached hydrogen (secondary N) is 2. The Bertz CT molecular complexity index is 1360. The second-order valence-corrected chi connectivity index (χ2v) is 12.3. The minimum atomic E-state index is -1.23. The topological polar surface area (TPSA) is 87.7 Å². The quantitative estimate of drug-likeness (QED) is 0.414. The van der Waals surface area contributed by atoms with Gasteiger partial charge in [0.1, 0.15) is 11.6 Å². The van der Waals surface area contributed by atoms with Crippen molar-refractivity contribution in [3.05, 3.63) is 75.2 Å². The van der Waals surface area contributed by atoms with Gasteiger partial charge in [-0.3, -0.25) is 14.4 Å². The number of fused-ring (bicyclic) bond motifs is 1. The number of benzene rings is 2. The first-order valence-corrected chi connectivity index (χ1v) is 14.9. The van der Waals surface area contributed by atoms with Crippen molar-refractivity contribution in [2.75, 3.05) is 11.9 Å². The molecular weight excluding hydrogens is 573 g/mol. The molecule has 1 saturated carbocycles. The van der Waals surface area contributed by atoms with Gasteiger partial charge in [-0.05, 0) is 49.1 Å². The molecule has 3 fully saturated rings. The van der Waals surface area contributed by atoms with Crippen LogP contribution in [0.4, 0.5) is 5.69 Å². The number of anilines is 1. The van der Waals surface area contributed by atoms with Crippen LogP contribution in [-0.2, 0) is 25.5 Å². The van der Waals surface area contributed by atoms with Crippen LogP contribution in [0.2, 0.25) is 15.1 Å². The lowest BCUT2D eigenvalue weighted by atomic mass is 9.74. The summed E-state index contributed by atoms with van der Waals surface area (Å²) < 4.78 is 6.43. The second-order valence-electron chi connectivity index (χ2n) is 11.1. The maximum Gasteiger partial charge on any atom is 0.246 e. The van der Waals surface area contributed by atoms with Crippen LogP contribution in [0.3, 0.4) is 0 Å². The molecule has 7 nitrogen and oxygen atoms in total. The average molecular weight is 603 g/mol. The maximum atomic E-state index is 14.1. The van der Waals surface area contributed by atoms with Crippen molar-refractivity contribution in [3.8, 4) is 0 Å². The highest BCUT2D eigenvalue weighted by molar-refractivity contribution is 6.35. The fourth-order valence-electron chi connectivity index (χ4n) is 6.83. The Morgan fingerprint density at radius 2 is 1.73 bits per heavy atom. The SMILES string of the molecule is O=C(Nc1cc(Cl)cc(Cl)c1)C1[C@@H]2C=CC3(O2)C(C(=O)NC2CCCCC2)N(CCc2ccccc2Cl)C(=O)[C@H]13. The first-order chi connectivity index (χ1) is 19.3. The molecule has 210 valence electrons. The van der Waals surface area contributed by atoms with Crippen molar-refractivity contribution >= 4 is 58.2 Å². The van der Waals surface area contributed by atoms with Crippen LogP contribution in [0.15, 0.2) is 54.6 Å². The van der Waals surface area contributed by atoms with Gasteiger partial charge in [0.15, 0.2) is 0 Å². The molecule has 0 radical (unpaired) electrons. The van der Waals surface area contributed by atoms with E-state index in [1.807, 2.05) is 24.3 Å². The van der Waals surface area contributed by atoms with E-state index in [0.717, 1.165) is 37.7 Å². The average Bonchev–Trinajstić information content (AvgIpc) is 3.55. The molecule has 3 amide bonds. The van der Waals surface area contributed by atoms with Crippen LogP contribution >= 0.6 is 34.8 Å². The van der Waals surface area contributed by atoms with Gasteiger partial charge < -0.3 is 20.3 Å². The number of nitrogens with zero attached hydrogens (tertiary/aromatic N) is 1. The van der Waals surface area contributed by atoms with Crippen LogP contribution in [0, 0.1) is 11.8 Å². The highest BCUT2D eigenvalue weighted by Gasteiger charge is 2.72. The Kier molecular flexibility index (Phi) is 7.59. The molecule has 40 heavy (non-hydrogen) atoms. The first kappa shape index (κ1) is 27.6. The summed E-state index contributed by atoms with van der Waals surface area (Å²) in [5, 5.41) is 7.43. The Labute approximate surface area is 248 Å². The van der Waals surface area contributed by atoms with E-state index in [1.165, 1.54) is 0 Å². The van der Waals surface area contributed by atoms with Gasteiger partial charge in [0, 0.05) is 33.3 Å². The Hall–Kier alpha value is -2.58. The molecule has 2 N–H and O–H groups in total. The van der Waals surface area contributed by atoms with E-state index in [4.69, 9.17) is 39.5 Å². The third-order valence-corrected chi connectivity index (χ3v) is 9.39. The minimum absolute atomic E-state index is 0.0616. The van der Waals surface area contributed by atoms with Crippen LogP contribution in [0.1, 0.15) is 37.7 Å². The molecule has 0 aromatic heterocycles. The highest BCUT2D eigenvalue weighted by Crippen LogP contribution is 2.55. The number of rotatable bonds is 7. The van der Waals surface area contributed by atoms with Crippen molar-refractivity contribution < 1.29 is 19.1 Å². The van der Waals surface area contributed by atoms with Crippen LogP contribution in [0.25, 0.3) is 0 Å². The summed E-state index contributed by atoms with van der Waals surface area (Å²) in [4.78, 5) is 43.3. The first-order valence-electron chi connectivity index (χ1n) is 13.8. The zero-order valence-corrected chi connectivity index (χ0v) is 24.0. The summed E-state index contributed by atoms with van der Waals surface area (Å²) in [6.07, 6.45) is 8.57. The fraction of sp³-hybridized carbons (Fsp3) is 0.433. The molecule has 2 aromatic carbocycles. The molecule has 3 unspecified atom stereocenters. The van der Waals surface area contributed by atoms with Crippen molar-refractivity contribution in [3.63, 3.8) is 0 Å². The zero-order chi connectivity index (χ0) is 28.0. The Morgan fingerprint density at radius 3 is 2.45 bits per heavy atom. The normalized spacial score (nSPS) is 29.1. The van der Waals surface area contributed by atoms with E-state index in [-0.39, 0.29) is 30.3 Å². The zero-order valence-electron chi connectivity index (χ0n) is 21.7. The third-order valence-electron chi connectivity index (χ3n) is 8.59. The maximum absolute atomic E-state index is 14.1. The number of ether oxygens (including phenoxy) is 1. The molecule has 4 aliphatic rings. The summed E-state index contributed by atoms with van der Waals surface area (Å²) in [6, 6.07) is 11.4. The number of carbonyl (C=O) groups excluding carboxylic acids is 3. The van der Waals surface area contributed by atoms with Crippen LogP contribution < -0.4 is 10.6 Å². The lowest BCUT2D eigenvalue weighted by Crippen LogP contribution is -2.56. The number of hydrogen-bond donors (Lipinski definition) is 2. The standard InChI is InChI=1S/C30H30Cl3N3O4/c31-18-14-19(32)16-21(15-18)35-27(37)24-23-10-12-30(40-23)25(24)29(39)36(13-11-17-6-4-5-9-22(17)33)26(30)28(38)34-20-7-2-1-3-8-20/h4-6,9-10,12,14-16,20,23-26H,1-3,7-8,11,13H2,(H,34,38)(H,35,37)/t23-,24?,25-,26?,30?/m0/s1. The summed E-state index contributed by atoms with van der Waals surface area (Å²) in [7, 11) is 0. The van der Waals surface area contributed by atoms with Gasteiger partial charge in [-0.15, -0.1) is 0 Å². The third kappa shape index (κ3) is 4.91. The predicted octanol–water partition coefficient (Wildman–Crippen LogP) is 5.43. The van der Waals surface area contributed by atoms with E-state index in [1.54, 1.807) is 35.2 Å². The Balaban J connectivity index is 1.30. The summed E-state index contributed by atoms with van der Waals surface area (Å²) in [6.45, 7) is 0.268. The second kappa shape index (κ2) is 11.0. The summed E-state index contributed by atoms with van der Waals surface area (Å²) >= 11 is 18.7. The number of carbonyl (C=O) groups is 3. The van der Waals surface area contributed by atoms with Gasteiger partial charge in [0.2, 0.25) is 17.7 Å². The van der Waals surface area contributed by atoms with Crippen molar-refractivity contribution in [1.82, 2.24) is 10.2 Å². The molecule has 3 aliphatic heterocycles. The van der Waals surface area contributed by atoms with E-state index < -0.39 is 29.6 Å². The van der Waals surface area contributed by atoms with Gasteiger partial charge >= 0.3 is 0 Å². The van der Waals surface area contributed by atoms with E-state index in [0.29, 0.717) is 27.2 Å². The number of amides is 3. The van der Waals surface area contributed by atoms with Gasteiger partial charge in [-0.1, -0.05) is 84.4 Å². The minimum Gasteiger partial charge on any atom is -0.359 e. The van der Waals surface area contributed by atoms with E-state index in [9.17, 15) is 14.4 Å². The molecule has 10 heteroatoms. The fourth-order valence-corrected chi connectivity index (χ4v) is 7.58. The van der Waals surface area contributed by atoms with Gasteiger partial charge in [0.25, 0.3) is 0 Å². The van der Waals surface area contributed by atoms with Crippen LogP contribution in [-0.4, -0.2) is 53.0 Å². The van der Waals surface area contributed by atoms with Crippen molar-refractivity contribution in [1.29, 1.82) is 0 Å². The molecule has 1 spiro atoms. The number of likely N-dealkylation sites (tertiary alicyclic amines) is 1. The molecule has 2 bridgehead atoms. The van der Waals surface area contributed by atoms with Gasteiger partial charge in [0.05, 0.1) is 17.9 Å². The molecular formula is C30H30Cl3N3O4. The lowest BCUT2D eigenvalue weighted by molar-refractivity contribution is -0.141. The smallest absolute Gasteiger partial charge is 0.246 e. The lowest BCUT2D eigenvalue weighted by Gasteiger charge is -2.34. The number of halogens is 3. The molecule has 5 atom stereocenters. The largest absolute Gasteiger partial charge is 0.359 e. The summed E-state index contributed by atoms with van der Waals surface area (Å²) in [5.41, 5.74) is 0.0800. The predicted molar refractivity (Wildman–Crippen MR) is 154 cm³/mol. The van der Waals surface area contributed by atoms with Crippen molar-refractivity contribution in [2.24, 2.45) is 11.8 Å². The number of hydrogen-bond acceptors (Lipinski definition) is 4.